The third-order valence-corrected chi connectivity index (χ3v) is 5.02. The summed E-state index contributed by atoms with van der Waals surface area (Å²) in [6.45, 7) is 3.89. The summed E-state index contributed by atoms with van der Waals surface area (Å²) in [5, 5.41) is 12.1. The number of nitrogens with one attached hydrogen (secondary N) is 2. The molecule has 0 bridgehead atoms. The molecule has 0 spiro atoms. The van der Waals surface area contributed by atoms with Gasteiger partial charge >= 0.3 is 0 Å². The molecule has 0 amide bonds. The number of aliphatic imine (C=N–C) groups is 1. The number of aromatic nitrogens is 1. The number of aryl methyl sites for hydroxylation is 1. The number of hydrogen-bond acceptors (Lipinski definition) is 4. The van der Waals surface area contributed by atoms with Crippen LogP contribution in [0, 0.1) is 0 Å². The number of halogens is 1. The second-order valence-corrected chi connectivity index (χ2v) is 6.57. The summed E-state index contributed by atoms with van der Waals surface area (Å²) in [4.78, 5) is 10.2. The van der Waals surface area contributed by atoms with E-state index in [9.17, 15) is 0 Å². The average Bonchev–Trinajstić information content (AvgIpc) is 3.17. The van der Waals surface area contributed by atoms with Crippen molar-refractivity contribution in [2.75, 3.05) is 20.1 Å². The van der Waals surface area contributed by atoms with Crippen molar-refractivity contribution in [1.29, 1.82) is 0 Å². The van der Waals surface area contributed by atoms with Gasteiger partial charge in [0.25, 0.3) is 0 Å². The fourth-order valence-corrected chi connectivity index (χ4v) is 3.40. The maximum Gasteiger partial charge on any atom is 0.191 e. The topological polar surface area (TPSA) is 49.3 Å². The van der Waals surface area contributed by atoms with Crippen LogP contribution in [0.1, 0.15) is 22.5 Å². The van der Waals surface area contributed by atoms with Crippen LogP contribution < -0.4 is 10.6 Å². The molecule has 0 saturated carbocycles. The Labute approximate surface area is 157 Å². The first kappa shape index (κ1) is 19.4. The van der Waals surface area contributed by atoms with Crippen LogP contribution in [-0.2, 0) is 19.3 Å². The van der Waals surface area contributed by atoms with Gasteiger partial charge in [0.05, 0.1) is 10.7 Å². The number of rotatable bonds is 7. The van der Waals surface area contributed by atoms with Crippen molar-refractivity contribution in [3.8, 4) is 0 Å². The zero-order valence-electron chi connectivity index (χ0n) is 13.0. The molecule has 0 fully saturated rings. The maximum atomic E-state index is 4.57. The molecule has 2 rings (SSSR count). The van der Waals surface area contributed by atoms with E-state index in [1.165, 1.54) is 15.6 Å². The maximum absolute atomic E-state index is 4.57. The standard InChI is InChI=1S/C15H22N4S2.HI/c1-3-14-19-12(11-21-14)6-8-17-15(16-2)18-9-7-13-5-4-10-20-13;/h4-5,10-11H,3,6-9H2,1-2H3,(H2,16,17,18);1H. The molecule has 2 heterocycles. The Bertz CT molecular complexity index is 552. The van der Waals surface area contributed by atoms with Crippen molar-refractivity contribution in [2.24, 2.45) is 4.99 Å². The summed E-state index contributed by atoms with van der Waals surface area (Å²) >= 11 is 3.54. The van der Waals surface area contributed by atoms with Gasteiger partial charge in [0.2, 0.25) is 0 Å². The fourth-order valence-electron chi connectivity index (χ4n) is 1.91. The Morgan fingerprint density at radius 1 is 1.23 bits per heavy atom. The van der Waals surface area contributed by atoms with Crippen LogP contribution in [0.5, 0.6) is 0 Å². The Morgan fingerprint density at radius 2 is 2.00 bits per heavy atom. The normalized spacial score (nSPS) is 11.1. The molecule has 0 unspecified atom stereocenters. The van der Waals surface area contributed by atoms with E-state index in [4.69, 9.17) is 0 Å². The molecule has 0 aliphatic rings. The van der Waals surface area contributed by atoms with Gasteiger partial charge in [0.1, 0.15) is 0 Å². The van der Waals surface area contributed by atoms with E-state index in [0.717, 1.165) is 38.3 Å². The van der Waals surface area contributed by atoms with E-state index in [-0.39, 0.29) is 24.0 Å². The largest absolute Gasteiger partial charge is 0.356 e. The van der Waals surface area contributed by atoms with Crippen molar-refractivity contribution < 1.29 is 0 Å². The van der Waals surface area contributed by atoms with Crippen molar-refractivity contribution in [2.45, 2.75) is 26.2 Å². The zero-order chi connectivity index (χ0) is 14.9. The van der Waals surface area contributed by atoms with Crippen LogP contribution in [0.2, 0.25) is 0 Å². The first-order chi connectivity index (χ1) is 10.3. The van der Waals surface area contributed by atoms with Gasteiger partial charge in [-0.2, -0.15) is 0 Å². The minimum Gasteiger partial charge on any atom is -0.356 e. The lowest BCUT2D eigenvalue weighted by atomic mass is 10.3. The molecular weight excluding hydrogens is 427 g/mol. The molecular formula is C15H23IN4S2. The van der Waals surface area contributed by atoms with Crippen LogP contribution in [0.3, 0.4) is 0 Å². The second kappa shape index (κ2) is 11.0. The van der Waals surface area contributed by atoms with E-state index < -0.39 is 0 Å². The SMILES string of the molecule is CCc1nc(CCNC(=NC)NCCc2cccs2)cs1.I. The van der Waals surface area contributed by atoms with Crippen LogP contribution >= 0.6 is 46.7 Å². The lowest BCUT2D eigenvalue weighted by Crippen LogP contribution is -2.39. The van der Waals surface area contributed by atoms with Gasteiger partial charge in [0.15, 0.2) is 5.96 Å². The lowest BCUT2D eigenvalue weighted by molar-refractivity contribution is 0.779. The Balaban J connectivity index is 0.00000242. The van der Waals surface area contributed by atoms with Crippen LogP contribution in [-0.4, -0.2) is 31.1 Å². The van der Waals surface area contributed by atoms with E-state index in [1.807, 2.05) is 0 Å². The second-order valence-electron chi connectivity index (χ2n) is 4.59. The van der Waals surface area contributed by atoms with Gasteiger partial charge < -0.3 is 10.6 Å². The molecule has 22 heavy (non-hydrogen) atoms. The summed E-state index contributed by atoms with van der Waals surface area (Å²) in [7, 11) is 1.80. The minimum absolute atomic E-state index is 0. The van der Waals surface area contributed by atoms with Crippen LogP contribution in [0.15, 0.2) is 27.9 Å². The lowest BCUT2D eigenvalue weighted by Gasteiger charge is -2.10. The first-order valence-electron chi connectivity index (χ1n) is 7.22. The molecule has 2 aromatic heterocycles. The van der Waals surface area contributed by atoms with Gasteiger partial charge in [-0.15, -0.1) is 46.7 Å². The van der Waals surface area contributed by atoms with Crippen LogP contribution in [0.25, 0.3) is 0 Å². The number of guanidine groups is 1. The van der Waals surface area contributed by atoms with Crippen molar-refractivity contribution in [1.82, 2.24) is 15.6 Å². The van der Waals surface area contributed by atoms with E-state index in [2.05, 4.69) is 50.4 Å². The quantitative estimate of drug-likeness (QED) is 0.387. The Kier molecular flexibility index (Phi) is 9.65. The summed E-state index contributed by atoms with van der Waals surface area (Å²) < 4.78 is 0. The van der Waals surface area contributed by atoms with Gasteiger partial charge in [-0.3, -0.25) is 4.99 Å². The van der Waals surface area contributed by atoms with Gasteiger partial charge in [0, 0.05) is 36.8 Å². The minimum atomic E-state index is 0. The molecule has 0 saturated heterocycles. The highest BCUT2D eigenvalue weighted by molar-refractivity contribution is 14.0. The smallest absolute Gasteiger partial charge is 0.191 e. The molecule has 4 nitrogen and oxygen atoms in total. The van der Waals surface area contributed by atoms with E-state index >= 15 is 0 Å². The molecule has 0 radical (unpaired) electrons. The third kappa shape index (κ3) is 6.62. The van der Waals surface area contributed by atoms with Gasteiger partial charge in [-0.1, -0.05) is 13.0 Å². The molecule has 7 heteroatoms. The molecule has 2 N–H and O–H groups in total. The molecule has 0 aliphatic carbocycles. The summed E-state index contributed by atoms with van der Waals surface area (Å²) in [5.74, 6) is 0.859. The van der Waals surface area contributed by atoms with Gasteiger partial charge in [-0.05, 0) is 24.3 Å². The number of hydrogen-bond donors (Lipinski definition) is 2. The summed E-state index contributed by atoms with van der Waals surface area (Å²) in [5.41, 5.74) is 1.17. The Hall–Kier alpha value is -0.670. The predicted molar refractivity (Wildman–Crippen MR) is 108 cm³/mol. The molecule has 122 valence electrons. The van der Waals surface area contributed by atoms with E-state index in [1.54, 1.807) is 29.7 Å². The highest BCUT2D eigenvalue weighted by atomic mass is 127. The monoisotopic (exact) mass is 450 g/mol. The van der Waals surface area contributed by atoms with Crippen molar-refractivity contribution in [3.63, 3.8) is 0 Å². The highest BCUT2D eigenvalue weighted by Gasteiger charge is 2.02. The van der Waals surface area contributed by atoms with Gasteiger partial charge in [-0.25, -0.2) is 4.98 Å². The average molecular weight is 450 g/mol. The molecule has 0 atom stereocenters. The molecule has 0 aliphatic heterocycles. The summed E-state index contributed by atoms with van der Waals surface area (Å²) in [6.07, 6.45) is 2.98. The number of nitrogens with zero attached hydrogens (tertiary/aromatic N) is 2. The number of thiophene rings is 1. The molecule has 2 aromatic rings. The first-order valence-corrected chi connectivity index (χ1v) is 8.98. The highest BCUT2D eigenvalue weighted by Crippen LogP contribution is 2.10. The number of thiazole rings is 1. The fraction of sp³-hybridized carbons (Fsp3) is 0.467. The third-order valence-electron chi connectivity index (χ3n) is 3.04. The predicted octanol–water partition coefficient (Wildman–Crippen LogP) is 3.34. The summed E-state index contributed by atoms with van der Waals surface area (Å²) in [6, 6.07) is 4.25. The van der Waals surface area contributed by atoms with E-state index in [0.29, 0.717) is 0 Å². The van der Waals surface area contributed by atoms with Crippen molar-refractivity contribution in [3.05, 3.63) is 38.5 Å². The zero-order valence-corrected chi connectivity index (χ0v) is 16.9. The molecule has 0 aromatic carbocycles. The van der Waals surface area contributed by atoms with Crippen molar-refractivity contribution >= 4 is 52.6 Å². The van der Waals surface area contributed by atoms with Crippen LogP contribution in [0.4, 0.5) is 0 Å². The Morgan fingerprint density at radius 3 is 2.59 bits per heavy atom.